The average Bonchev–Trinajstić information content (AvgIpc) is 2.73. The number of carbonyl (C=O) groups is 1. The van der Waals surface area contributed by atoms with E-state index in [0.29, 0.717) is 30.0 Å². The van der Waals surface area contributed by atoms with Gasteiger partial charge in [0, 0.05) is 24.3 Å². The van der Waals surface area contributed by atoms with Crippen LogP contribution in [0.5, 0.6) is 0 Å². The molecule has 1 saturated heterocycles. The van der Waals surface area contributed by atoms with E-state index in [9.17, 15) is 19.4 Å². The molecule has 1 aromatic carbocycles. The predicted molar refractivity (Wildman–Crippen MR) is 76.6 cm³/mol. The van der Waals surface area contributed by atoms with Gasteiger partial charge in [0.2, 0.25) is 0 Å². The number of carbonyl (C=O) groups excluding carboxylic acids is 1. The summed E-state index contributed by atoms with van der Waals surface area (Å²) in [6.07, 6.45) is -0.0113. The smallest absolute Gasteiger partial charge is 0.257 e. The van der Waals surface area contributed by atoms with Crippen LogP contribution in [0.1, 0.15) is 31.4 Å². The van der Waals surface area contributed by atoms with Gasteiger partial charge in [0.1, 0.15) is 5.82 Å². The van der Waals surface area contributed by atoms with E-state index in [1.165, 1.54) is 6.07 Å². The number of hydrogen-bond donors (Lipinski definition) is 3. The second kappa shape index (κ2) is 5.27. The third-order valence-corrected chi connectivity index (χ3v) is 4.48. The number of hydrogen-bond acceptors (Lipinski definition) is 4. The molecule has 1 fully saturated rings. The highest BCUT2D eigenvalue weighted by molar-refractivity contribution is 6.02. The number of nitrogens with one attached hydrogen (secondary N) is 1. The number of nitrogens with zero attached hydrogens (tertiary/aromatic N) is 1. The third kappa shape index (κ3) is 2.49. The number of anilines is 2. The van der Waals surface area contributed by atoms with E-state index in [0.717, 1.165) is 12.8 Å². The van der Waals surface area contributed by atoms with E-state index in [1.54, 1.807) is 13.0 Å². The second-order valence-corrected chi connectivity index (χ2v) is 5.85. The van der Waals surface area contributed by atoms with Crippen LogP contribution in [0.4, 0.5) is 15.8 Å². The number of aliphatic hydroxyl groups is 2. The average molecular weight is 294 g/mol. The number of benzene rings is 1. The van der Waals surface area contributed by atoms with Crippen LogP contribution in [0.15, 0.2) is 12.1 Å². The summed E-state index contributed by atoms with van der Waals surface area (Å²) in [5.74, 6) is -0.700. The molecule has 3 rings (SSSR count). The van der Waals surface area contributed by atoms with Crippen LogP contribution in [0, 0.1) is 11.7 Å². The Balaban J connectivity index is 1.82. The Bertz CT molecular complexity index is 568. The van der Waals surface area contributed by atoms with E-state index in [4.69, 9.17) is 0 Å². The maximum Gasteiger partial charge on any atom is 0.257 e. The Labute approximate surface area is 122 Å². The summed E-state index contributed by atoms with van der Waals surface area (Å²) in [5, 5.41) is 21.8. The lowest BCUT2D eigenvalue weighted by Gasteiger charge is -2.35. The molecule has 0 spiro atoms. The molecule has 0 bridgehead atoms. The monoisotopic (exact) mass is 294 g/mol. The van der Waals surface area contributed by atoms with E-state index in [2.05, 4.69) is 5.32 Å². The predicted octanol–water partition coefficient (Wildman–Crippen LogP) is 1.41. The van der Waals surface area contributed by atoms with Gasteiger partial charge in [-0.15, -0.1) is 0 Å². The molecule has 2 aliphatic rings. The van der Waals surface area contributed by atoms with Gasteiger partial charge in [0.15, 0.2) is 6.10 Å². The van der Waals surface area contributed by atoms with Gasteiger partial charge in [-0.3, -0.25) is 4.79 Å². The first-order chi connectivity index (χ1) is 9.97. The molecule has 2 unspecified atom stereocenters. The van der Waals surface area contributed by atoms with Crippen LogP contribution in [0.3, 0.4) is 0 Å². The quantitative estimate of drug-likeness (QED) is 0.771. The zero-order valence-corrected chi connectivity index (χ0v) is 11.8. The van der Waals surface area contributed by atoms with Crippen molar-refractivity contribution >= 4 is 17.3 Å². The summed E-state index contributed by atoms with van der Waals surface area (Å²) in [6, 6.07) is 2.81. The third-order valence-electron chi connectivity index (χ3n) is 4.48. The van der Waals surface area contributed by atoms with Crippen molar-refractivity contribution in [2.24, 2.45) is 5.92 Å². The topological polar surface area (TPSA) is 72.8 Å². The molecule has 2 heterocycles. The molecule has 0 saturated carbocycles. The fourth-order valence-corrected chi connectivity index (χ4v) is 3.12. The first-order valence-electron chi connectivity index (χ1n) is 7.22. The highest BCUT2D eigenvalue weighted by Gasteiger charge is 2.31. The summed E-state index contributed by atoms with van der Waals surface area (Å²) in [4.78, 5) is 13.3. The molecule has 2 aliphatic heterocycles. The van der Waals surface area contributed by atoms with Crippen molar-refractivity contribution in [1.82, 2.24) is 0 Å². The zero-order chi connectivity index (χ0) is 15.1. The van der Waals surface area contributed by atoms with Gasteiger partial charge in [-0.25, -0.2) is 4.39 Å². The Morgan fingerprint density at radius 2 is 2.05 bits per heavy atom. The minimum Gasteiger partial charge on any atom is -0.393 e. The summed E-state index contributed by atoms with van der Waals surface area (Å²) in [5.41, 5.74) is 1.20. The summed E-state index contributed by atoms with van der Waals surface area (Å²) in [6.45, 7) is 3.12. The van der Waals surface area contributed by atoms with E-state index >= 15 is 0 Å². The van der Waals surface area contributed by atoms with Crippen molar-refractivity contribution in [1.29, 1.82) is 0 Å². The normalized spacial score (nSPS) is 23.9. The molecule has 0 aromatic heterocycles. The molecule has 6 heteroatoms. The van der Waals surface area contributed by atoms with Gasteiger partial charge in [-0.2, -0.15) is 0 Å². The van der Waals surface area contributed by atoms with Crippen molar-refractivity contribution in [3.63, 3.8) is 0 Å². The molecule has 3 N–H and O–H groups in total. The fraction of sp³-hybridized carbons (Fsp3) is 0.533. The molecule has 0 aliphatic carbocycles. The number of piperidine rings is 1. The molecule has 1 aromatic rings. The number of halogens is 1. The minimum atomic E-state index is -1.29. The van der Waals surface area contributed by atoms with Gasteiger partial charge in [-0.05, 0) is 37.8 Å². The maximum atomic E-state index is 14.2. The van der Waals surface area contributed by atoms with Crippen molar-refractivity contribution in [2.75, 3.05) is 23.3 Å². The molecule has 2 atom stereocenters. The van der Waals surface area contributed by atoms with Crippen molar-refractivity contribution in [3.05, 3.63) is 23.5 Å². The Kier molecular flexibility index (Phi) is 3.59. The van der Waals surface area contributed by atoms with Crippen LogP contribution in [0.25, 0.3) is 0 Å². The van der Waals surface area contributed by atoms with Crippen LogP contribution in [0.2, 0.25) is 0 Å². The Morgan fingerprint density at radius 1 is 1.38 bits per heavy atom. The lowest BCUT2D eigenvalue weighted by Crippen LogP contribution is -2.37. The lowest BCUT2D eigenvalue weighted by atomic mass is 9.92. The SMILES string of the molecule is CC(O)C1CCN(c2cc3c(cc2F)C(O)C(=O)N3)CC1. The minimum absolute atomic E-state index is 0.250. The number of fused-ring (bicyclic) bond motifs is 1. The highest BCUT2D eigenvalue weighted by Crippen LogP contribution is 2.37. The van der Waals surface area contributed by atoms with E-state index in [-0.39, 0.29) is 12.0 Å². The standard InChI is InChI=1S/C15H19FN2O3/c1-8(19)9-2-4-18(5-3-9)13-7-12-10(6-11(13)16)14(20)15(21)17-12/h6-9,14,19-20H,2-5H2,1H3,(H,17,21). The molecule has 21 heavy (non-hydrogen) atoms. The molecule has 5 nitrogen and oxygen atoms in total. The number of amides is 1. The van der Waals surface area contributed by atoms with Crippen molar-refractivity contribution < 1.29 is 19.4 Å². The van der Waals surface area contributed by atoms with Gasteiger partial charge < -0.3 is 20.4 Å². The van der Waals surface area contributed by atoms with Crippen molar-refractivity contribution in [2.45, 2.75) is 32.0 Å². The van der Waals surface area contributed by atoms with Gasteiger partial charge >= 0.3 is 0 Å². The van der Waals surface area contributed by atoms with Crippen molar-refractivity contribution in [3.8, 4) is 0 Å². The van der Waals surface area contributed by atoms with Crippen LogP contribution in [-0.4, -0.2) is 35.3 Å². The molecule has 114 valence electrons. The number of rotatable bonds is 2. The first-order valence-corrected chi connectivity index (χ1v) is 7.22. The van der Waals surface area contributed by atoms with Gasteiger partial charge in [0.25, 0.3) is 5.91 Å². The van der Waals surface area contributed by atoms with Gasteiger partial charge in [0.05, 0.1) is 11.8 Å². The first kappa shape index (κ1) is 14.3. The summed E-state index contributed by atoms with van der Waals surface area (Å²) < 4.78 is 14.2. The maximum absolute atomic E-state index is 14.2. The fourth-order valence-electron chi connectivity index (χ4n) is 3.12. The van der Waals surface area contributed by atoms with Crippen LogP contribution >= 0.6 is 0 Å². The zero-order valence-electron chi connectivity index (χ0n) is 11.8. The Hall–Kier alpha value is -1.66. The summed E-state index contributed by atoms with van der Waals surface area (Å²) in [7, 11) is 0. The van der Waals surface area contributed by atoms with E-state index < -0.39 is 17.8 Å². The van der Waals surface area contributed by atoms with E-state index in [1.807, 2.05) is 4.90 Å². The molecule has 0 radical (unpaired) electrons. The highest BCUT2D eigenvalue weighted by atomic mass is 19.1. The second-order valence-electron chi connectivity index (χ2n) is 5.85. The molecular formula is C15H19FN2O3. The largest absolute Gasteiger partial charge is 0.393 e. The van der Waals surface area contributed by atoms with Crippen LogP contribution in [-0.2, 0) is 4.79 Å². The van der Waals surface area contributed by atoms with Gasteiger partial charge in [-0.1, -0.05) is 0 Å². The Morgan fingerprint density at radius 3 is 2.67 bits per heavy atom. The molecular weight excluding hydrogens is 275 g/mol. The summed E-state index contributed by atoms with van der Waals surface area (Å²) >= 11 is 0. The molecule has 1 amide bonds. The number of aliphatic hydroxyl groups excluding tert-OH is 2. The van der Waals surface area contributed by atoms with Crippen LogP contribution < -0.4 is 10.2 Å². The lowest BCUT2D eigenvalue weighted by molar-refractivity contribution is -0.123.